The molecule has 1 aromatic rings. The van der Waals surface area contributed by atoms with E-state index in [1.807, 2.05) is 6.92 Å². The molecule has 3 heterocycles. The van der Waals surface area contributed by atoms with Gasteiger partial charge in [-0.05, 0) is 50.7 Å². The summed E-state index contributed by atoms with van der Waals surface area (Å²) < 4.78 is 5.66. The quantitative estimate of drug-likeness (QED) is 0.861. The molecule has 1 aromatic heterocycles. The van der Waals surface area contributed by atoms with Crippen LogP contribution in [0.4, 0.5) is 0 Å². The molecule has 2 aliphatic heterocycles. The predicted molar refractivity (Wildman–Crippen MR) is 67.1 cm³/mol. The van der Waals surface area contributed by atoms with Gasteiger partial charge < -0.3 is 9.73 Å². The van der Waals surface area contributed by atoms with Gasteiger partial charge in [0.15, 0.2) is 0 Å². The van der Waals surface area contributed by atoms with E-state index in [0.29, 0.717) is 0 Å². The Morgan fingerprint density at radius 2 is 1.94 bits per heavy atom. The fraction of sp³-hybridized carbons (Fsp3) is 0.692. The maximum Gasteiger partial charge on any atom is 0.104 e. The lowest BCUT2D eigenvalue weighted by Gasteiger charge is -2.28. The van der Waals surface area contributed by atoms with E-state index in [2.05, 4.69) is 17.4 Å². The van der Waals surface area contributed by atoms with Gasteiger partial charge in [-0.1, -0.05) is 0 Å². The molecule has 2 atom stereocenters. The van der Waals surface area contributed by atoms with Crippen molar-refractivity contribution in [2.45, 2.75) is 51.1 Å². The standard InChI is InChI=1S/C13H19NO.ClH/c1-9-2-5-13(15-9)8-10-6-11-3-4-12(7-10)14-11;/h2,5,10-12,14H,3-4,6-8H2,1H3;1H. The lowest BCUT2D eigenvalue weighted by Crippen LogP contribution is -2.38. The van der Waals surface area contributed by atoms with Gasteiger partial charge in [-0.3, -0.25) is 0 Å². The van der Waals surface area contributed by atoms with E-state index in [9.17, 15) is 0 Å². The first-order valence-electron chi connectivity index (χ1n) is 6.11. The molecule has 90 valence electrons. The van der Waals surface area contributed by atoms with Gasteiger partial charge in [0, 0.05) is 18.5 Å². The number of fused-ring (bicyclic) bond motifs is 2. The van der Waals surface area contributed by atoms with E-state index in [4.69, 9.17) is 4.42 Å². The summed E-state index contributed by atoms with van der Waals surface area (Å²) in [4.78, 5) is 0. The Morgan fingerprint density at radius 3 is 2.50 bits per heavy atom. The van der Waals surface area contributed by atoms with E-state index in [1.54, 1.807) is 0 Å². The second-order valence-electron chi connectivity index (χ2n) is 5.19. The van der Waals surface area contributed by atoms with Crippen LogP contribution in [-0.4, -0.2) is 12.1 Å². The molecule has 1 N–H and O–H groups in total. The van der Waals surface area contributed by atoms with Crippen molar-refractivity contribution in [2.75, 3.05) is 0 Å². The smallest absolute Gasteiger partial charge is 0.104 e. The minimum atomic E-state index is 0. The SMILES string of the molecule is Cc1ccc(CC2CC3CCC(C2)N3)o1.Cl. The van der Waals surface area contributed by atoms with Crippen LogP contribution in [0.5, 0.6) is 0 Å². The first-order valence-corrected chi connectivity index (χ1v) is 6.11. The summed E-state index contributed by atoms with van der Waals surface area (Å²) in [7, 11) is 0. The molecule has 2 bridgehead atoms. The van der Waals surface area contributed by atoms with Crippen molar-refractivity contribution >= 4 is 12.4 Å². The first-order chi connectivity index (χ1) is 7.29. The van der Waals surface area contributed by atoms with Crippen molar-refractivity contribution in [2.24, 2.45) is 5.92 Å². The average Bonchev–Trinajstić information content (AvgIpc) is 2.74. The second-order valence-corrected chi connectivity index (χ2v) is 5.19. The van der Waals surface area contributed by atoms with Crippen LogP contribution in [0.15, 0.2) is 16.5 Å². The molecule has 2 unspecified atom stereocenters. The van der Waals surface area contributed by atoms with Crippen molar-refractivity contribution in [1.29, 1.82) is 0 Å². The highest BCUT2D eigenvalue weighted by Gasteiger charge is 2.33. The van der Waals surface area contributed by atoms with E-state index in [-0.39, 0.29) is 12.4 Å². The molecule has 2 fully saturated rings. The largest absolute Gasteiger partial charge is 0.466 e. The summed E-state index contributed by atoms with van der Waals surface area (Å²) in [5.41, 5.74) is 0. The number of rotatable bonds is 2. The topological polar surface area (TPSA) is 25.2 Å². The lowest BCUT2D eigenvalue weighted by atomic mass is 9.89. The Bertz CT molecular complexity index is 337. The fourth-order valence-electron chi connectivity index (χ4n) is 3.22. The van der Waals surface area contributed by atoms with Crippen LogP contribution in [0.25, 0.3) is 0 Å². The van der Waals surface area contributed by atoms with E-state index < -0.39 is 0 Å². The van der Waals surface area contributed by atoms with Crippen molar-refractivity contribution < 1.29 is 4.42 Å². The second kappa shape index (κ2) is 4.80. The number of halogens is 1. The third kappa shape index (κ3) is 2.44. The number of furan rings is 1. The van der Waals surface area contributed by atoms with Gasteiger partial charge in [0.25, 0.3) is 0 Å². The van der Waals surface area contributed by atoms with Gasteiger partial charge in [-0.15, -0.1) is 12.4 Å². The Hall–Kier alpha value is -0.470. The molecule has 0 aromatic carbocycles. The third-order valence-corrected chi connectivity index (χ3v) is 3.86. The van der Waals surface area contributed by atoms with E-state index >= 15 is 0 Å². The molecule has 0 spiro atoms. The lowest BCUT2D eigenvalue weighted by molar-refractivity contribution is 0.284. The number of nitrogens with one attached hydrogen (secondary N) is 1. The normalized spacial score (nSPS) is 32.4. The van der Waals surface area contributed by atoms with Gasteiger partial charge in [-0.25, -0.2) is 0 Å². The van der Waals surface area contributed by atoms with Gasteiger partial charge in [0.2, 0.25) is 0 Å². The monoisotopic (exact) mass is 241 g/mol. The fourth-order valence-corrected chi connectivity index (χ4v) is 3.22. The Morgan fingerprint density at radius 1 is 1.25 bits per heavy atom. The zero-order chi connectivity index (χ0) is 10.3. The van der Waals surface area contributed by atoms with Crippen molar-refractivity contribution in [3.05, 3.63) is 23.7 Å². The molecule has 3 heteroatoms. The van der Waals surface area contributed by atoms with Crippen molar-refractivity contribution in [1.82, 2.24) is 5.32 Å². The van der Waals surface area contributed by atoms with Gasteiger partial charge in [-0.2, -0.15) is 0 Å². The number of hydrogen-bond donors (Lipinski definition) is 1. The molecular formula is C13H20ClNO. The molecule has 0 saturated carbocycles. The number of hydrogen-bond acceptors (Lipinski definition) is 2. The Balaban J connectivity index is 0.000000963. The van der Waals surface area contributed by atoms with Crippen LogP contribution >= 0.6 is 12.4 Å². The Kier molecular flexibility index (Phi) is 3.60. The molecule has 0 aliphatic carbocycles. The van der Waals surface area contributed by atoms with Gasteiger partial charge in [0.05, 0.1) is 0 Å². The van der Waals surface area contributed by atoms with Gasteiger partial charge >= 0.3 is 0 Å². The highest BCUT2D eigenvalue weighted by Crippen LogP contribution is 2.32. The molecule has 2 nitrogen and oxygen atoms in total. The molecule has 0 radical (unpaired) electrons. The summed E-state index contributed by atoms with van der Waals surface area (Å²) in [5.74, 6) is 3.06. The zero-order valence-corrected chi connectivity index (χ0v) is 10.6. The number of aryl methyl sites for hydroxylation is 1. The zero-order valence-electron chi connectivity index (χ0n) is 9.74. The van der Waals surface area contributed by atoms with Gasteiger partial charge in [0.1, 0.15) is 11.5 Å². The minimum absolute atomic E-state index is 0. The highest BCUT2D eigenvalue weighted by molar-refractivity contribution is 5.85. The molecular weight excluding hydrogens is 222 g/mol. The van der Waals surface area contributed by atoms with E-state index in [0.717, 1.165) is 30.2 Å². The molecule has 3 rings (SSSR count). The first kappa shape index (κ1) is 12.0. The average molecular weight is 242 g/mol. The minimum Gasteiger partial charge on any atom is -0.466 e. The number of piperidine rings is 1. The van der Waals surface area contributed by atoms with E-state index in [1.165, 1.54) is 31.4 Å². The van der Waals surface area contributed by atoms with Crippen LogP contribution in [0.3, 0.4) is 0 Å². The van der Waals surface area contributed by atoms with Crippen LogP contribution in [0.1, 0.15) is 37.2 Å². The van der Waals surface area contributed by atoms with Crippen LogP contribution < -0.4 is 5.32 Å². The summed E-state index contributed by atoms with van der Waals surface area (Å²) >= 11 is 0. The summed E-state index contributed by atoms with van der Waals surface area (Å²) in [6.45, 7) is 2.02. The van der Waals surface area contributed by atoms with Crippen LogP contribution in [-0.2, 0) is 6.42 Å². The van der Waals surface area contributed by atoms with Crippen molar-refractivity contribution in [3.63, 3.8) is 0 Å². The molecule has 2 saturated heterocycles. The molecule has 16 heavy (non-hydrogen) atoms. The van der Waals surface area contributed by atoms with Crippen LogP contribution in [0, 0.1) is 12.8 Å². The van der Waals surface area contributed by atoms with Crippen molar-refractivity contribution in [3.8, 4) is 0 Å². The summed E-state index contributed by atoms with van der Waals surface area (Å²) in [6, 6.07) is 5.80. The summed E-state index contributed by atoms with van der Waals surface area (Å²) in [6.07, 6.45) is 6.60. The maximum atomic E-state index is 5.66. The predicted octanol–water partition coefficient (Wildman–Crippen LogP) is 3.08. The van der Waals surface area contributed by atoms with Crippen LogP contribution in [0.2, 0.25) is 0 Å². The molecule has 0 amide bonds. The highest BCUT2D eigenvalue weighted by atomic mass is 35.5. The summed E-state index contributed by atoms with van der Waals surface area (Å²) in [5, 5.41) is 3.68. The maximum absolute atomic E-state index is 5.66. The Labute approximate surface area is 103 Å². The molecule has 2 aliphatic rings. The third-order valence-electron chi connectivity index (χ3n) is 3.86.